The van der Waals surface area contributed by atoms with E-state index in [0.29, 0.717) is 21.7 Å². The molecule has 0 aliphatic carbocycles. The molecule has 2 saturated heterocycles. The highest BCUT2D eigenvalue weighted by molar-refractivity contribution is 6.31. The van der Waals surface area contributed by atoms with Crippen molar-refractivity contribution in [3.05, 3.63) is 75.6 Å². The number of hydrogen-bond donors (Lipinski definition) is 0. The lowest BCUT2D eigenvalue weighted by atomic mass is 9.91. The number of fused-ring (bicyclic) bond motifs is 2. The SMILES string of the molecule is CN1O[C@H]2C(=O)N(c3ccc(Cl)cc3)C(=O)[C@H]2[C@@H]1c1coc2ccccc2c1=O. The highest BCUT2D eigenvalue weighted by atomic mass is 35.5. The maximum absolute atomic E-state index is 13.2. The van der Waals surface area contributed by atoms with Crippen LogP contribution in [0.1, 0.15) is 11.6 Å². The van der Waals surface area contributed by atoms with Gasteiger partial charge in [0.2, 0.25) is 5.91 Å². The van der Waals surface area contributed by atoms with Gasteiger partial charge in [-0.15, -0.1) is 0 Å². The number of para-hydroxylation sites is 1. The number of amides is 2. The first-order valence-electron chi connectivity index (χ1n) is 9.01. The number of halogens is 1. The summed E-state index contributed by atoms with van der Waals surface area (Å²) in [6.45, 7) is 0. The number of carbonyl (C=O) groups excluding carboxylic acids is 2. The second kappa shape index (κ2) is 6.52. The molecule has 1 aromatic heterocycles. The molecule has 3 atom stereocenters. The van der Waals surface area contributed by atoms with Gasteiger partial charge in [-0.3, -0.25) is 19.2 Å². The molecule has 146 valence electrons. The van der Waals surface area contributed by atoms with Gasteiger partial charge >= 0.3 is 0 Å². The van der Waals surface area contributed by atoms with Gasteiger partial charge in [0.05, 0.1) is 34.9 Å². The fraction of sp³-hybridized carbons (Fsp3) is 0.190. The average Bonchev–Trinajstić information content (AvgIpc) is 3.17. The van der Waals surface area contributed by atoms with Gasteiger partial charge in [-0.05, 0) is 36.4 Å². The third-order valence-electron chi connectivity index (χ3n) is 5.42. The van der Waals surface area contributed by atoms with Gasteiger partial charge in [-0.1, -0.05) is 23.7 Å². The van der Waals surface area contributed by atoms with Crippen molar-refractivity contribution in [2.45, 2.75) is 12.1 Å². The highest BCUT2D eigenvalue weighted by Gasteiger charge is 2.59. The van der Waals surface area contributed by atoms with Crippen LogP contribution < -0.4 is 10.3 Å². The van der Waals surface area contributed by atoms with Crippen LogP contribution in [0.2, 0.25) is 5.02 Å². The van der Waals surface area contributed by atoms with E-state index >= 15 is 0 Å². The fourth-order valence-electron chi connectivity index (χ4n) is 4.08. The van der Waals surface area contributed by atoms with E-state index in [1.165, 1.54) is 11.3 Å². The van der Waals surface area contributed by atoms with E-state index in [1.54, 1.807) is 55.6 Å². The molecule has 3 aromatic rings. The number of imide groups is 1. The van der Waals surface area contributed by atoms with Crippen molar-refractivity contribution in [3.8, 4) is 0 Å². The topological polar surface area (TPSA) is 80.1 Å². The first kappa shape index (κ1) is 18.1. The second-order valence-electron chi connectivity index (χ2n) is 7.05. The molecule has 2 aromatic carbocycles. The number of carbonyl (C=O) groups is 2. The minimum atomic E-state index is -1.00. The first-order chi connectivity index (χ1) is 14.0. The molecule has 5 rings (SSSR count). The van der Waals surface area contributed by atoms with Gasteiger partial charge in [-0.25, -0.2) is 4.90 Å². The molecule has 2 amide bonds. The van der Waals surface area contributed by atoms with Crippen LogP contribution in [0.5, 0.6) is 0 Å². The average molecular weight is 411 g/mol. The summed E-state index contributed by atoms with van der Waals surface area (Å²) >= 11 is 5.91. The van der Waals surface area contributed by atoms with Gasteiger partial charge in [0, 0.05) is 12.1 Å². The summed E-state index contributed by atoms with van der Waals surface area (Å²) in [6.07, 6.45) is 0.347. The molecule has 2 aliphatic rings. The summed E-state index contributed by atoms with van der Waals surface area (Å²) in [5.41, 5.74) is 0.890. The fourth-order valence-corrected chi connectivity index (χ4v) is 4.21. The molecule has 0 bridgehead atoms. The standard InChI is InChI=1S/C21H15ClN2O5/c1-23-17(14-10-28-15-5-3-2-4-13(15)18(14)25)16-19(29-23)21(27)24(20(16)26)12-8-6-11(22)7-9-12/h2-10,16-17,19H,1H3/t16-,17-,19+/m0/s1. The van der Waals surface area contributed by atoms with Crippen LogP contribution in [0, 0.1) is 5.92 Å². The monoisotopic (exact) mass is 410 g/mol. The molecule has 29 heavy (non-hydrogen) atoms. The van der Waals surface area contributed by atoms with Crippen LogP contribution in [-0.4, -0.2) is 30.0 Å². The Labute approximate surface area is 170 Å². The lowest BCUT2D eigenvalue weighted by Crippen LogP contribution is -2.37. The second-order valence-corrected chi connectivity index (χ2v) is 7.48. The minimum absolute atomic E-state index is 0.252. The molecule has 8 heteroatoms. The van der Waals surface area contributed by atoms with E-state index in [2.05, 4.69) is 0 Å². The Morgan fingerprint density at radius 2 is 1.69 bits per heavy atom. The maximum atomic E-state index is 13.2. The normalized spacial score (nSPS) is 24.5. The zero-order valence-electron chi connectivity index (χ0n) is 15.2. The molecule has 0 N–H and O–H groups in total. The Hall–Kier alpha value is -3.00. The number of rotatable bonds is 2. The van der Waals surface area contributed by atoms with Gasteiger partial charge in [0.15, 0.2) is 11.5 Å². The first-order valence-corrected chi connectivity index (χ1v) is 9.38. The van der Waals surface area contributed by atoms with Gasteiger partial charge in [-0.2, -0.15) is 5.06 Å². The smallest absolute Gasteiger partial charge is 0.265 e. The number of hydrogen-bond acceptors (Lipinski definition) is 6. The molecule has 3 heterocycles. The van der Waals surface area contributed by atoms with Crippen molar-refractivity contribution in [2.75, 3.05) is 11.9 Å². The Morgan fingerprint density at radius 1 is 0.966 bits per heavy atom. The van der Waals surface area contributed by atoms with E-state index in [1.807, 2.05) is 0 Å². The zero-order valence-corrected chi connectivity index (χ0v) is 16.0. The van der Waals surface area contributed by atoms with E-state index < -0.39 is 29.9 Å². The summed E-state index contributed by atoms with van der Waals surface area (Å²) in [4.78, 5) is 46.0. The summed E-state index contributed by atoms with van der Waals surface area (Å²) < 4.78 is 5.61. The molecule has 0 unspecified atom stereocenters. The van der Waals surface area contributed by atoms with E-state index in [-0.39, 0.29) is 11.0 Å². The molecule has 7 nitrogen and oxygen atoms in total. The largest absolute Gasteiger partial charge is 0.464 e. The Balaban J connectivity index is 1.59. The Kier molecular flexibility index (Phi) is 4.06. The van der Waals surface area contributed by atoms with Crippen molar-refractivity contribution in [3.63, 3.8) is 0 Å². The van der Waals surface area contributed by atoms with Crippen molar-refractivity contribution < 1.29 is 18.8 Å². The van der Waals surface area contributed by atoms with Crippen molar-refractivity contribution >= 4 is 40.1 Å². The summed E-state index contributed by atoms with van der Waals surface area (Å²) in [6, 6.07) is 12.5. The van der Waals surface area contributed by atoms with Crippen LogP contribution in [0.4, 0.5) is 5.69 Å². The van der Waals surface area contributed by atoms with Crippen molar-refractivity contribution in [2.24, 2.45) is 5.92 Å². The lowest BCUT2D eigenvalue weighted by Gasteiger charge is -2.23. The van der Waals surface area contributed by atoms with Crippen LogP contribution in [0.15, 0.2) is 64.0 Å². The van der Waals surface area contributed by atoms with Crippen molar-refractivity contribution in [1.29, 1.82) is 0 Å². The predicted octanol–water partition coefficient (Wildman–Crippen LogP) is 2.92. The molecule has 2 fully saturated rings. The molecular formula is C21H15ClN2O5. The molecule has 2 aliphatic heterocycles. The zero-order chi connectivity index (χ0) is 20.3. The number of hydroxylamine groups is 2. The third kappa shape index (κ3) is 2.62. The minimum Gasteiger partial charge on any atom is -0.464 e. The molecule has 0 saturated carbocycles. The molecule has 0 radical (unpaired) electrons. The lowest BCUT2D eigenvalue weighted by molar-refractivity contribution is -0.160. The van der Waals surface area contributed by atoms with Crippen LogP contribution >= 0.6 is 11.6 Å². The van der Waals surface area contributed by atoms with Crippen LogP contribution in [0.25, 0.3) is 11.0 Å². The van der Waals surface area contributed by atoms with Crippen LogP contribution in [0.3, 0.4) is 0 Å². The number of nitrogens with zero attached hydrogens (tertiary/aromatic N) is 2. The number of anilines is 1. The maximum Gasteiger partial charge on any atom is 0.265 e. The summed E-state index contributed by atoms with van der Waals surface area (Å²) in [5.74, 6) is -1.75. The van der Waals surface area contributed by atoms with E-state index in [0.717, 1.165) is 4.90 Å². The van der Waals surface area contributed by atoms with Crippen LogP contribution in [-0.2, 0) is 14.4 Å². The molecular weight excluding hydrogens is 396 g/mol. The summed E-state index contributed by atoms with van der Waals surface area (Å²) in [7, 11) is 1.60. The third-order valence-corrected chi connectivity index (χ3v) is 5.67. The van der Waals surface area contributed by atoms with Gasteiger partial charge in [0.25, 0.3) is 5.91 Å². The van der Waals surface area contributed by atoms with Gasteiger partial charge in [0.1, 0.15) is 5.58 Å². The Morgan fingerprint density at radius 3 is 2.45 bits per heavy atom. The van der Waals surface area contributed by atoms with E-state index in [9.17, 15) is 14.4 Å². The van der Waals surface area contributed by atoms with Crippen molar-refractivity contribution in [1.82, 2.24) is 5.06 Å². The predicted molar refractivity (Wildman–Crippen MR) is 105 cm³/mol. The van der Waals surface area contributed by atoms with E-state index in [4.69, 9.17) is 20.9 Å². The Bertz CT molecular complexity index is 1210. The molecule has 0 spiro atoms. The highest BCUT2D eigenvalue weighted by Crippen LogP contribution is 2.44. The number of benzene rings is 2. The quantitative estimate of drug-likeness (QED) is 0.604. The summed E-state index contributed by atoms with van der Waals surface area (Å²) in [5, 5.41) is 2.30. The van der Waals surface area contributed by atoms with Gasteiger partial charge < -0.3 is 4.42 Å².